The maximum absolute atomic E-state index is 12.4. The van der Waals surface area contributed by atoms with Gasteiger partial charge in [0.05, 0.1) is 0 Å². The minimum atomic E-state index is -0.157. The third kappa shape index (κ3) is 4.46. The van der Waals surface area contributed by atoms with Crippen molar-refractivity contribution in [2.24, 2.45) is 0 Å². The predicted molar refractivity (Wildman–Crippen MR) is 114 cm³/mol. The van der Waals surface area contributed by atoms with Gasteiger partial charge in [0.1, 0.15) is 0 Å². The Bertz CT molecular complexity index is 952. The number of benzene rings is 3. The number of amides is 2. The van der Waals surface area contributed by atoms with Crippen molar-refractivity contribution in [2.75, 3.05) is 10.6 Å². The second kappa shape index (κ2) is 8.09. The normalized spacial score (nSPS) is 10.4. The molecule has 0 atom stereocenters. The van der Waals surface area contributed by atoms with Crippen LogP contribution in [0.1, 0.15) is 43.0 Å². The molecule has 0 heterocycles. The summed E-state index contributed by atoms with van der Waals surface area (Å²) in [5.41, 5.74) is 7.06. The first kappa shape index (κ1) is 19.4. The summed E-state index contributed by atoms with van der Waals surface area (Å²) >= 11 is 0. The van der Waals surface area contributed by atoms with Crippen LogP contribution in [0.3, 0.4) is 0 Å². The lowest BCUT2D eigenvalue weighted by Crippen LogP contribution is -2.13. The molecule has 0 bridgehead atoms. The van der Waals surface area contributed by atoms with E-state index in [1.807, 2.05) is 64.1 Å². The third-order valence-electron chi connectivity index (χ3n) is 4.94. The number of hydrogen-bond acceptors (Lipinski definition) is 2. The van der Waals surface area contributed by atoms with E-state index < -0.39 is 0 Å². The highest BCUT2D eigenvalue weighted by molar-refractivity contribution is 6.06. The lowest BCUT2D eigenvalue weighted by atomic mass is 10.1. The summed E-state index contributed by atoms with van der Waals surface area (Å²) in [7, 11) is 0. The van der Waals surface area contributed by atoms with Crippen LogP contribution in [-0.4, -0.2) is 11.8 Å². The molecule has 0 aliphatic heterocycles. The van der Waals surface area contributed by atoms with E-state index in [-0.39, 0.29) is 11.8 Å². The molecule has 0 aromatic heterocycles. The van der Waals surface area contributed by atoms with Crippen molar-refractivity contribution < 1.29 is 9.59 Å². The minimum absolute atomic E-state index is 0.157. The van der Waals surface area contributed by atoms with E-state index >= 15 is 0 Å². The van der Waals surface area contributed by atoms with Gasteiger partial charge in [0, 0.05) is 22.5 Å². The summed E-state index contributed by atoms with van der Waals surface area (Å²) < 4.78 is 0. The van der Waals surface area contributed by atoms with Gasteiger partial charge in [-0.3, -0.25) is 9.59 Å². The first-order chi connectivity index (χ1) is 13.3. The Hall–Kier alpha value is -3.40. The largest absolute Gasteiger partial charge is 0.322 e. The quantitative estimate of drug-likeness (QED) is 0.642. The van der Waals surface area contributed by atoms with Gasteiger partial charge in [-0.1, -0.05) is 12.1 Å². The molecule has 2 amide bonds. The molecule has 3 aromatic carbocycles. The number of carbonyl (C=O) groups excluding carboxylic acids is 2. The third-order valence-corrected chi connectivity index (χ3v) is 4.94. The molecule has 0 radical (unpaired) electrons. The molecule has 2 N–H and O–H groups in total. The number of aryl methyl sites for hydroxylation is 4. The zero-order chi connectivity index (χ0) is 20.3. The van der Waals surface area contributed by atoms with Gasteiger partial charge in [0.2, 0.25) is 0 Å². The number of nitrogens with one attached hydrogen (secondary N) is 2. The average Bonchev–Trinajstić information content (AvgIpc) is 2.67. The maximum Gasteiger partial charge on any atom is 0.255 e. The molecule has 0 aliphatic carbocycles. The molecule has 0 fully saturated rings. The molecule has 0 saturated heterocycles. The summed E-state index contributed by atoms with van der Waals surface area (Å²) in [6, 6.07) is 18.4. The standard InChI is InChI=1S/C24H24N2O2/c1-15-5-7-19(13-17(15)3)23(27)25-21-9-11-22(12-10-21)26-24(28)20-8-6-16(2)18(4)14-20/h5-14H,1-4H3,(H,25,27)(H,26,28). The van der Waals surface area contributed by atoms with Crippen molar-refractivity contribution >= 4 is 23.2 Å². The van der Waals surface area contributed by atoms with Crippen LogP contribution in [0.5, 0.6) is 0 Å². The zero-order valence-electron chi connectivity index (χ0n) is 16.6. The molecule has 4 nitrogen and oxygen atoms in total. The van der Waals surface area contributed by atoms with Crippen molar-refractivity contribution in [2.45, 2.75) is 27.7 Å². The first-order valence-corrected chi connectivity index (χ1v) is 9.21. The SMILES string of the molecule is Cc1ccc(C(=O)Nc2ccc(NC(=O)c3ccc(C)c(C)c3)cc2)cc1C. The number of rotatable bonds is 4. The minimum Gasteiger partial charge on any atom is -0.322 e. The van der Waals surface area contributed by atoms with Crippen LogP contribution in [0, 0.1) is 27.7 Å². The highest BCUT2D eigenvalue weighted by Gasteiger charge is 2.09. The summed E-state index contributed by atoms with van der Waals surface area (Å²) in [6.07, 6.45) is 0. The van der Waals surface area contributed by atoms with Gasteiger partial charge in [-0.2, -0.15) is 0 Å². The molecular weight excluding hydrogens is 348 g/mol. The zero-order valence-corrected chi connectivity index (χ0v) is 16.6. The Balaban J connectivity index is 1.65. The average molecular weight is 372 g/mol. The van der Waals surface area contributed by atoms with Gasteiger partial charge in [-0.05, 0) is 98.5 Å². The Morgan fingerprint density at radius 3 is 1.21 bits per heavy atom. The van der Waals surface area contributed by atoms with Crippen molar-refractivity contribution in [3.05, 3.63) is 94.0 Å². The van der Waals surface area contributed by atoms with Gasteiger partial charge >= 0.3 is 0 Å². The van der Waals surface area contributed by atoms with Gasteiger partial charge in [-0.25, -0.2) is 0 Å². The van der Waals surface area contributed by atoms with Crippen LogP contribution in [-0.2, 0) is 0 Å². The van der Waals surface area contributed by atoms with Crippen LogP contribution in [0.2, 0.25) is 0 Å². The van der Waals surface area contributed by atoms with Gasteiger partial charge < -0.3 is 10.6 Å². The lowest BCUT2D eigenvalue weighted by Gasteiger charge is -2.10. The lowest BCUT2D eigenvalue weighted by molar-refractivity contribution is 0.101. The molecular formula is C24H24N2O2. The van der Waals surface area contributed by atoms with Crippen molar-refractivity contribution in [1.29, 1.82) is 0 Å². The van der Waals surface area contributed by atoms with E-state index in [0.717, 1.165) is 22.3 Å². The molecule has 3 rings (SSSR count). The fraction of sp³-hybridized carbons (Fsp3) is 0.167. The van der Waals surface area contributed by atoms with E-state index in [1.165, 1.54) is 0 Å². The van der Waals surface area contributed by atoms with Crippen LogP contribution in [0.15, 0.2) is 60.7 Å². The molecule has 0 aliphatic rings. The fourth-order valence-corrected chi connectivity index (χ4v) is 2.81. The Kier molecular flexibility index (Phi) is 5.59. The topological polar surface area (TPSA) is 58.2 Å². The first-order valence-electron chi connectivity index (χ1n) is 9.21. The van der Waals surface area contributed by atoms with E-state index in [9.17, 15) is 9.59 Å². The Labute approximate surface area is 165 Å². The fourth-order valence-electron chi connectivity index (χ4n) is 2.81. The van der Waals surface area contributed by atoms with Crippen molar-refractivity contribution in [3.63, 3.8) is 0 Å². The summed E-state index contributed by atoms with van der Waals surface area (Å²) in [4.78, 5) is 24.8. The van der Waals surface area contributed by atoms with E-state index in [0.29, 0.717) is 22.5 Å². The van der Waals surface area contributed by atoms with Gasteiger partial charge in [0.25, 0.3) is 11.8 Å². The van der Waals surface area contributed by atoms with Crippen molar-refractivity contribution in [3.8, 4) is 0 Å². The summed E-state index contributed by atoms with van der Waals surface area (Å²) in [5.74, 6) is -0.315. The van der Waals surface area contributed by atoms with E-state index in [2.05, 4.69) is 10.6 Å². The second-order valence-corrected chi connectivity index (χ2v) is 7.08. The van der Waals surface area contributed by atoms with Crippen LogP contribution in [0.4, 0.5) is 11.4 Å². The monoisotopic (exact) mass is 372 g/mol. The molecule has 4 heteroatoms. The predicted octanol–water partition coefficient (Wildman–Crippen LogP) is 5.42. The van der Waals surface area contributed by atoms with Gasteiger partial charge in [-0.15, -0.1) is 0 Å². The van der Waals surface area contributed by atoms with Crippen molar-refractivity contribution in [1.82, 2.24) is 0 Å². The molecule has 0 spiro atoms. The highest BCUT2D eigenvalue weighted by atomic mass is 16.2. The van der Waals surface area contributed by atoms with Crippen LogP contribution in [0.25, 0.3) is 0 Å². The Morgan fingerprint density at radius 2 is 0.893 bits per heavy atom. The Morgan fingerprint density at radius 1 is 0.536 bits per heavy atom. The summed E-state index contributed by atoms with van der Waals surface area (Å²) in [6.45, 7) is 8.00. The molecule has 0 saturated carbocycles. The van der Waals surface area contributed by atoms with Crippen LogP contribution < -0.4 is 10.6 Å². The summed E-state index contributed by atoms with van der Waals surface area (Å²) in [5, 5.41) is 5.76. The number of anilines is 2. The maximum atomic E-state index is 12.4. The van der Waals surface area contributed by atoms with Gasteiger partial charge in [0.15, 0.2) is 0 Å². The molecule has 0 unspecified atom stereocenters. The molecule has 142 valence electrons. The number of carbonyl (C=O) groups is 2. The molecule has 28 heavy (non-hydrogen) atoms. The smallest absolute Gasteiger partial charge is 0.255 e. The van der Waals surface area contributed by atoms with E-state index in [1.54, 1.807) is 24.3 Å². The molecule has 3 aromatic rings. The van der Waals surface area contributed by atoms with Crippen LogP contribution >= 0.6 is 0 Å². The number of hydrogen-bond donors (Lipinski definition) is 2. The highest BCUT2D eigenvalue weighted by Crippen LogP contribution is 2.17. The second-order valence-electron chi connectivity index (χ2n) is 7.08. The van der Waals surface area contributed by atoms with E-state index in [4.69, 9.17) is 0 Å².